The van der Waals surface area contributed by atoms with Gasteiger partial charge in [0.2, 0.25) is 0 Å². The summed E-state index contributed by atoms with van der Waals surface area (Å²) in [5.74, 6) is 0.347. The van der Waals surface area contributed by atoms with Crippen LogP contribution in [0.25, 0.3) is 142 Å². The minimum absolute atomic E-state index is 0.331. The van der Waals surface area contributed by atoms with Crippen LogP contribution in [0, 0.1) is 31.0 Å². The Bertz CT molecular complexity index is 4630. The zero-order valence-corrected chi connectivity index (χ0v) is 40.9. The average Bonchev–Trinajstić information content (AvgIpc) is 4.29. The van der Waals surface area contributed by atoms with Gasteiger partial charge in [-0.3, -0.25) is 0 Å². The highest BCUT2D eigenvalue weighted by molar-refractivity contribution is 6.14. The van der Waals surface area contributed by atoms with E-state index in [1.807, 2.05) is 24.3 Å². The van der Waals surface area contributed by atoms with Crippen molar-refractivity contribution in [2.45, 2.75) is 0 Å². The minimum Gasteiger partial charge on any atom is -0.309 e. The average molecular weight is 980 g/mol. The number of nitrogens with zero attached hydrogens (tertiary/aromatic N) is 9. The van der Waals surface area contributed by atoms with E-state index in [2.05, 4.69) is 180 Å². The molecule has 4 heterocycles. The molecule has 0 atom stereocenters. The van der Waals surface area contributed by atoms with Crippen LogP contribution in [0.15, 0.2) is 224 Å². The molecule has 10 aromatic carbocycles. The first-order chi connectivity index (χ1) is 38.0. The van der Waals surface area contributed by atoms with Gasteiger partial charge in [0.15, 0.2) is 22.9 Å². The van der Waals surface area contributed by atoms with Crippen LogP contribution in [0.3, 0.4) is 0 Å². The third-order valence-corrected chi connectivity index (χ3v) is 14.7. The molecule has 0 radical (unpaired) electrons. The van der Waals surface area contributed by atoms with E-state index in [1.54, 1.807) is 54.6 Å². The molecule has 14 rings (SSSR count). The summed E-state index contributed by atoms with van der Waals surface area (Å²) in [5.41, 5.74) is 15.4. The van der Waals surface area contributed by atoms with Gasteiger partial charge in [-0.2, -0.15) is 5.26 Å². The summed E-state index contributed by atoms with van der Waals surface area (Å²) < 4.78 is 7.04. The van der Waals surface area contributed by atoms with Gasteiger partial charge in [-0.05, 0) is 120 Å². The Morgan fingerprint density at radius 1 is 0.351 bits per heavy atom. The van der Waals surface area contributed by atoms with Crippen LogP contribution in [0.1, 0.15) is 5.56 Å². The highest BCUT2D eigenvalue weighted by atomic mass is 15.0. The van der Waals surface area contributed by atoms with Crippen LogP contribution in [0.4, 0.5) is 17.1 Å². The van der Waals surface area contributed by atoms with Gasteiger partial charge in [0.05, 0.1) is 75.8 Å². The third-order valence-electron chi connectivity index (χ3n) is 14.7. The summed E-state index contributed by atoms with van der Waals surface area (Å²) in [7, 11) is 0. The van der Waals surface area contributed by atoms with E-state index in [0.29, 0.717) is 62.1 Å². The molecule has 0 unspecified atom stereocenters. The SMILES string of the molecule is [C-]#[N+]c1cccc(-c2cc(-c3cc([N+]#[C-])c(-c4ccc(-n5c6ccc(-n7c8ccccc8c8ccccc87)cc6c6cc(-n7c8ccccc8c8ccccc87)ccc65)cc4)cc3C#N)nc(-c3cccc([N+]#[C-])c3)n2)c1. The summed E-state index contributed by atoms with van der Waals surface area (Å²) in [4.78, 5) is 21.1. The number of hydrogen-bond acceptors (Lipinski definition) is 3. The van der Waals surface area contributed by atoms with Crippen LogP contribution < -0.4 is 0 Å². The monoisotopic (exact) mass is 979 g/mol. The predicted octanol–water partition coefficient (Wildman–Crippen LogP) is 18.0. The fourth-order valence-electron chi connectivity index (χ4n) is 11.3. The second-order valence-electron chi connectivity index (χ2n) is 18.9. The summed E-state index contributed by atoms with van der Waals surface area (Å²) in [5, 5.41) is 17.8. The third kappa shape index (κ3) is 7.13. The number of fused-ring (bicyclic) bond motifs is 9. The zero-order chi connectivity index (χ0) is 51.7. The van der Waals surface area contributed by atoms with E-state index in [4.69, 9.17) is 29.7 Å². The second-order valence-corrected chi connectivity index (χ2v) is 18.9. The summed E-state index contributed by atoms with van der Waals surface area (Å²) in [6.07, 6.45) is 0. The lowest BCUT2D eigenvalue weighted by Gasteiger charge is -2.14. The fraction of sp³-hybridized carbons (Fsp3) is 0. The molecule has 0 aliphatic rings. The summed E-state index contributed by atoms with van der Waals surface area (Å²) in [6, 6.07) is 78.0. The van der Waals surface area contributed by atoms with Crippen molar-refractivity contribution in [2.24, 2.45) is 0 Å². The fourth-order valence-corrected chi connectivity index (χ4v) is 11.3. The van der Waals surface area contributed by atoms with Crippen LogP contribution in [0.2, 0.25) is 0 Å². The summed E-state index contributed by atoms with van der Waals surface area (Å²) in [6.45, 7) is 23.7. The molecular formula is C68H37N9. The topological polar surface area (TPSA) is 77.4 Å². The van der Waals surface area contributed by atoms with Crippen LogP contribution >= 0.6 is 0 Å². The summed E-state index contributed by atoms with van der Waals surface area (Å²) >= 11 is 0. The van der Waals surface area contributed by atoms with E-state index < -0.39 is 0 Å². The van der Waals surface area contributed by atoms with Crippen molar-refractivity contribution in [2.75, 3.05) is 0 Å². The molecule has 14 aromatic rings. The van der Waals surface area contributed by atoms with Gasteiger partial charge in [0, 0.05) is 60.5 Å². The Labute approximate surface area is 441 Å². The van der Waals surface area contributed by atoms with Gasteiger partial charge in [0.25, 0.3) is 0 Å². The first-order valence-corrected chi connectivity index (χ1v) is 25.0. The van der Waals surface area contributed by atoms with E-state index in [0.717, 1.165) is 66.5 Å². The number of rotatable bonds is 7. The molecule has 354 valence electrons. The minimum atomic E-state index is 0.331. The van der Waals surface area contributed by atoms with Gasteiger partial charge in [-0.15, -0.1) is 0 Å². The van der Waals surface area contributed by atoms with Crippen molar-refractivity contribution in [1.29, 1.82) is 5.26 Å². The van der Waals surface area contributed by atoms with Gasteiger partial charge in [0.1, 0.15) is 0 Å². The highest BCUT2D eigenvalue weighted by Gasteiger charge is 2.21. The standard InChI is InChI=1S/C68H37N9/c1-70-46-16-12-14-43(34-46)59-40-61(74-68(73-59)44-15-13-17-47(35-44)71-2)56-39-60(72-3)55(36-45(56)41-69)42-26-28-48(29-27-42)75-66-32-30-49(76-62-22-8-4-18-51(62)52-19-5-9-23-63(52)76)37-57(66)58-38-50(31-33-67(58)75)77-64-24-10-6-20-53(64)54-21-7-11-25-65(54)77/h4-40H. The molecule has 0 N–H and O–H groups in total. The van der Waals surface area contributed by atoms with Crippen molar-refractivity contribution >= 4 is 82.5 Å². The molecule has 0 aliphatic carbocycles. The number of hydrogen-bond donors (Lipinski definition) is 0. The molecule has 0 saturated carbocycles. The molecule has 0 spiro atoms. The van der Waals surface area contributed by atoms with Crippen molar-refractivity contribution in [3.8, 4) is 68.2 Å². The van der Waals surface area contributed by atoms with Gasteiger partial charge < -0.3 is 13.7 Å². The molecule has 77 heavy (non-hydrogen) atoms. The molecule has 0 saturated heterocycles. The van der Waals surface area contributed by atoms with Gasteiger partial charge in [-0.1, -0.05) is 121 Å². The Kier molecular flexibility index (Phi) is 10.2. The van der Waals surface area contributed by atoms with Crippen molar-refractivity contribution in [3.05, 3.63) is 264 Å². The normalized spacial score (nSPS) is 11.3. The lowest BCUT2D eigenvalue weighted by atomic mass is 9.95. The van der Waals surface area contributed by atoms with Gasteiger partial charge in [-0.25, -0.2) is 24.5 Å². The van der Waals surface area contributed by atoms with Gasteiger partial charge >= 0.3 is 0 Å². The first kappa shape index (κ1) is 44.3. The molecular weight excluding hydrogens is 943 g/mol. The largest absolute Gasteiger partial charge is 0.309 e. The molecule has 4 aromatic heterocycles. The maximum Gasteiger partial charge on any atom is 0.195 e. The van der Waals surface area contributed by atoms with Crippen LogP contribution in [-0.4, -0.2) is 23.7 Å². The number of benzene rings is 10. The quantitative estimate of drug-likeness (QED) is 0.149. The van der Waals surface area contributed by atoms with E-state index >= 15 is 0 Å². The molecule has 0 aliphatic heterocycles. The molecule has 0 amide bonds. The van der Waals surface area contributed by atoms with Crippen molar-refractivity contribution in [1.82, 2.24) is 23.7 Å². The lowest BCUT2D eigenvalue weighted by molar-refractivity contribution is 1.16. The van der Waals surface area contributed by atoms with Crippen molar-refractivity contribution in [3.63, 3.8) is 0 Å². The molecule has 9 nitrogen and oxygen atoms in total. The van der Waals surface area contributed by atoms with Crippen molar-refractivity contribution < 1.29 is 0 Å². The maximum absolute atomic E-state index is 10.8. The van der Waals surface area contributed by atoms with E-state index in [-0.39, 0.29) is 0 Å². The molecule has 0 bridgehead atoms. The van der Waals surface area contributed by atoms with Crippen LogP contribution in [-0.2, 0) is 0 Å². The molecule has 0 fully saturated rings. The highest BCUT2D eigenvalue weighted by Crippen LogP contribution is 2.42. The Morgan fingerprint density at radius 2 is 0.805 bits per heavy atom. The maximum atomic E-state index is 10.8. The van der Waals surface area contributed by atoms with E-state index in [1.165, 1.54) is 21.5 Å². The number of aromatic nitrogens is 5. The molecule has 9 heteroatoms. The van der Waals surface area contributed by atoms with Crippen LogP contribution in [0.5, 0.6) is 0 Å². The Hall–Kier alpha value is -11.4. The number of para-hydroxylation sites is 4. The predicted molar refractivity (Wildman–Crippen MR) is 310 cm³/mol. The van der Waals surface area contributed by atoms with E-state index in [9.17, 15) is 5.26 Å². The number of nitriles is 1. The Balaban J connectivity index is 0.919. The smallest absolute Gasteiger partial charge is 0.195 e. The lowest BCUT2D eigenvalue weighted by Crippen LogP contribution is -1.98. The Morgan fingerprint density at radius 3 is 1.31 bits per heavy atom. The zero-order valence-electron chi connectivity index (χ0n) is 40.9. The first-order valence-electron chi connectivity index (χ1n) is 25.0. The second kappa shape index (κ2) is 17.7.